The average Bonchev–Trinajstić information content (AvgIpc) is 2.51. The van der Waals surface area contributed by atoms with E-state index in [1.165, 1.54) is 44.9 Å². The molecule has 1 aliphatic rings. The standard InChI is InChI=1S/C17H34O5/c1-3-4-5-6-7-8-9-10-11-12-21-17-16(20)15(19)14(18)13(2)22-17/h13-20H,3-12H2,1-2H3/t13-,14-,15+,16+,17+/m0/s1. The van der Waals surface area contributed by atoms with Crippen LogP contribution < -0.4 is 0 Å². The number of hydrogen-bond donors (Lipinski definition) is 3. The number of aliphatic hydroxyl groups is 3. The Balaban J connectivity index is 2.00. The summed E-state index contributed by atoms with van der Waals surface area (Å²) >= 11 is 0. The predicted molar refractivity (Wildman–Crippen MR) is 85.5 cm³/mol. The summed E-state index contributed by atoms with van der Waals surface area (Å²) in [6.07, 6.45) is 6.30. The zero-order valence-corrected chi connectivity index (χ0v) is 14.1. The number of rotatable bonds is 11. The first-order valence-corrected chi connectivity index (χ1v) is 8.89. The lowest BCUT2D eigenvalue weighted by Gasteiger charge is -2.38. The third kappa shape index (κ3) is 6.92. The molecule has 1 aliphatic heterocycles. The Morgan fingerprint density at radius 1 is 0.773 bits per heavy atom. The second kappa shape index (κ2) is 11.4. The molecule has 132 valence electrons. The number of hydrogen-bond acceptors (Lipinski definition) is 5. The summed E-state index contributed by atoms with van der Waals surface area (Å²) in [4.78, 5) is 0. The van der Waals surface area contributed by atoms with Crippen LogP contribution in [0.15, 0.2) is 0 Å². The van der Waals surface area contributed by atoms with Crippen molar-refractivity contribution < 1.29 is 24.8 Å². The summed E-state index contributed by atoms with van der Waals surface area (Å²) < 4.78 is 10.9. The zero-order valence-electron chi connectivity index (χ0n) is 14.1. The van der Waals surface area contributed by atoms with Crippen molar-refractivity contribution in [1.82, 2.24) is 0 Å². The van der Waals surface area contributed by atoms with E-state index in [1.807, 2.05) is 0 Å². The fourth-order valence-corrected chi connectivity index (χ4v) is 2.76. The van der Waals surface area contributed by atoms with Gasteiger partial charge in [0.15, 0.2) is 6.29 Å². The van der Waals surface area contributed by atoms with Gasteiger partial charge in [0.05, 0.1) is 6.10 Å². The topological polar surface area (TPSA) is 79.2 Å². The lowest BCUT2D eigenvalue weighted by molar-refractivity contribution is -0.293. The van der Waals surface area contributed by atoms with Crippen LogP contribution in [0, 0.1) is 0 Å². The third-order valence-corrected chi connectivity index (χ3v) is 4.34. The minimum absolute atomic E-state index is 0.507. The Kier molecular flexibility index (Phi) is 10.2. The first kappa shape index (κ1) is 19.8. The minimum Gasteiger partial charge on any atom is -0.388 e. The molecule has 0 aliphatic carbocycles. The molecule has 22 heavy (non-hydrogen) atoms. The van der Waals surface area contributed by atoms with Crippen molar-refractivity contribution in [2.24, 2.45) is 0 Å². The van der Waals surface area contributed by atoms with E-state index < -0.39 is 30.7 Å². The highest BCUT2D eigenvalue weighted by Gasteiger charge is 2.42. The van der Waals surface area contributed by atoms with Gasteiger partial charge in [-0.3, -0.25) is 0 Å². The molecule has 0 aromatic carbocycles. The van der Waals surface area contributed by atoms with Gasteiger partial charge in [-0.25, -0.2) is 0 Å². The molecule has 0 saturated carbocycles. The van der Waals surface area contributed by atoms with Crippen LogP contribution in [-0.4, -0.2) is 52.6 Å². The molecule has 5 heteroatoms. The maximum absolute atomic E-state index is 9.81. The maximum Gasteiger partial charge on any atom is 0.186 e. The van der Waals surface area contributed by atoms with Crippen LogP contribution in [0.3, 0.4) is 0 Å². The average molecular weight is 318 g/mol. The van der Waals surface area contributed by atoms with Gasteiger partial charge in [0.25, 0.3) is 0 Å². The largest absolute Gasteiger partial charge is 0.388 e. The van der Waals surface area contributed by atoms with Gasteiger partial charge in [-0.05, 0) is 13.3 Å². The van der Waals surface area contributed by atoms with Crippen molar-refractivity contribution in [2.45, 2.75) is 102 Å². The number of ether oxygens (including phenoxy) is 2. The van der Waals surface area contributed by atoms with Crippen molar-refractivity contribution >= 4 is 0 Å². The predicted octanol–water partition coefficient (Wildman–Crippen LogP) is 2.36. The molecule has 1 saturated heterocycles. The number of aliphatic hydroxyl groups excluding tert-OH is 3. The first-order valence-electron chi connectivity index (χ1n) is 8.89. The molecule has 0 unspecified atom stereocenters. The van der Waals surface area contributed by atoms with Crippen molar-refractivity contribution in [2.75, 3.05) is 6.61 Å². The molecule has 5 nitrogen and oxygen atoms in total. The van der Waals surface area contributed by atoms with Crippen molar-refractivity contribution in [3.8, 4) is 0 Å². The summed E-state index contributed by atoms with van der Waals surface area (Å²) in [7, 11) is 0. The SMILES string of the molecule is CCCCCCCCCCCO[C@@H]1O[C@@H](C)[C@H](O)[C@@H](O)[C@H]1O. The first-order chi connectivity index (χ1) is 10.6. The fraction of sp³-hybridized carbons (Fsp3) is 1.00. The van der Waals surface area contributed by atoms with Gasteiger partial charge in [0, 0.05) is 6.61 Å². The van der Waals surface area contributed by atoms with Crippen molar-refractivity contribution in [3.63, 3.8) is 0 Å². The quantitative estimate of drug-likeness (QED) is 0.510. The third-order valence-electron chi connectivity index (χ3n) is 4.34. The molecule has 0 spiro atoms. The minimum atomic E-state index is -1.21. The summed E-state index contributed by atoms with van der Waals surface area (Å²) in [5.41, 5.74) is 0. The van der Waals surface area contributed by atoms with Crippen LogP contribution >= 0.6 is 0 Å². The Bertz CT molecular complexity index is 274. The van der Waals surface area contributed by atoms with Crippen LogP contribution in [0.4, 0.5) is 0 Å². The van der Waals surface area contributed by atoms with Crippen LogP contribution in [-0.2, 0) is 9.47 Å². The van der Waals surface area contributed by atoms with Crippen LogP contribution in [0.25, 0.3) is 0 Å². The van der Waals surface area contributed by atoms with E-state index in [0.717, 1.165) is 12.8 Å². The smallest absolute Gasteiger partial charge is 0.186 e. The summed E-state index contributed by atoms with van der Waals surface area (Å²) in [6, 6.07) is 0. The molecule has 1 rings (SSSR count). The number of unbranched alkanes of at least 4 members (excludes halogenated alkanes) is 8. The molecule has 0 amide bonds. The van der Waals surface area contributed by atoms with Gasteiger partial charge in [-0.1, -0.05) is 58.3 Å². The van der Waals surface area contributed by atoms with Crippen LogP contribution in [0.5, 0.6) is 0 Å². The second-order valence-electron chi connectivity index (χ2n) is 6.38. The Morgan fingerprint density at radius 2 is 1.32 bits per heavy atom. The van der Waals surface area contributed by atoms with E-state index in [-0.39, 0.29) is 0 Å². The van der Waals surface area contributed by atoms with E-state index in [2.05, 4.69) is 6.92 Å². The molecular formula is C17H34O5. The molecule has 0 aromatic rings. The van der Waals surface area contributed by atoms with E-state index in [1.54, 1.807) is 6.92 Å². The molecule has 3 N–H and O–H groups in total. The van der Waals surface area contributed by atoms with Gasteiger partial charge in [0.2, 0.25) is 0 Å². The molecule has 0 bridgehead atoms. The second-order valence-corrected chi connectivity index (χ2v) is 6.38. The van der Waals surface area contributed by atoms with Gasteiger partial charge in [-0.2, -0.15) is 0 Å². The normalized spacial score (nSPS) is 32.3. The van der Waals surface area contributed by atoms with E-state index >= 15 is 0 Å². The highest BCUT2D eigenvalue weighted by molar-refractivity contribution is 4.87. The Labute approximate surface area is 134 Å². The summed E-state index contributed by atoms with van der Waals surface area (Å²) in [5, 5.41) is 29.1. The highest BCUT2D eigenvalue weighted by Crippen LogP contribution is 2.22. The molecule has 1 fully saturated rings. The molecule has 5 atom stereocenters. The molecule has 0 aromatic heterocycles. The molecule has 0 radical (unpaired) electrons. The lowest BCUT2D eigenvalue weighted by atomic mass is 10.00. The molecular weight excluding hydrogens is 284 g/mol. The summed E-state index contributed by atoms with van der Waals surface area (Å²) in [5.74, 6) is 0. The van der Waals surface area contributed by atoms with E-state index in [0.29, 0.717) is 6.61 Å². The lowest BCUT2D eigenvalue weighted by Crippen LogP contribution is -2.57. The van der Waals surface area contributed by atoms with Gasteiger partial charge in [-0.15, -0.1) is 0 Å². The summed E-state index contributed by atoms with van der Waals surface area (Å²) in [6.45, 7) is 4.40. The molecule has 1 heterocycles. The van der Waals surface area contributed by atoms with Crippen LogP contribution in [0.1, 0.15) is 71.6 Å². The monoisotopic (exact) mass is 318 g/mol. The Hall–Kier alpha value is -0.200. The van der Waals surface area contributed by atoms with Gasteiger partial charge >= 0.3 is 0 Å². The van der Waals surface area contributed by atoms with Gasteiger partial charge < -0.3 is 24.8 Å². The van der Waals surface area contributed by atoms with Crippen LogP contribution in [0.2, 0.25) is 0 Å². The zero-order chi connectivity index (χ0) is 16.4. The van der Waals surface area contributed by atoms with E-state index in [4.69, 9.17) is 9.47 Å². The van der Waals surface area contributed by atoms with Crippen molar-refractivity contribution in [1.29, 1.82) is 0 Å². The fourth-order valence-electron chi connectivity index (χ4n) is 2.76. The van der Waals surface area contributed by atoms with Gasteiger partial charge in [0.1, 0.15) is 18.3 Å². The highest BCUT2D eigenvalue weighted by atomic mass is 16.7. The Morgan fingerprint density at radius 3 is 1.91 bits per heavy atom. The van der Waals surface area contributed by atoms with Crippen molar-refractivity contribution in [3.05, 3.63) is 0 Å². The maximum atomic E-state index is 9.81. The van der Waals surface area contributed by atoms with E-state index in [9.17, 15) is 15.3 Å².